The lowest BCUT2D eigenvalue weighted by atomic mass is 14.0. The van der Waals surface area contributed by atoms with Crippen molar-refractivity contribution in [3.05, 3.63) is 0 Å². The maximum absolute atomic E-state index is 8.60. The Morgan fingerprint density at radius 2 is 1.14 bits per heavy atom. The number of rotatable bonds is 0. The van der Waals surface area contributed by atoms with Crippen LogP contribution in [0.5, 0.6) is 0 Å². The summed E-state index contributed by atoms with van der Waals surface area (Å²) in [4.78, 5) is 0. The molecular weight excluding hydrogens is 129 g/mol. The summed E-state index contributed by atoms with van der Waals surface area (Å²) in [5.74, 6) is 0. The predicted molar refractivity (Wildman–Crippen MR) is 7.93 cm³/mol. The first kappa shape index (κ1) is 15.7. The Hall–Kier alpha value is 0.0500. The normalized spacial score (nSPS) is 8.57. The molecule has 0 aromatic rings. The van der Waals surface area contributed by atoms with Gasteiger partial charge < -0.3 is 6.15 Å². The number of hydrogen-bond donors (Lipinski definition) is 2. The van der Waals surface area contributed by atoms with Gasteiger partial charge in [0.25, 0.3) is 0 Å². The van der Waals surface area contributed by atoms with Gasteiger partial charge in [-0.15, -0.1) is 0 Å². The third-order valence-electron chi connectivity index (χ3n) is 0. The standard InChI is InChI=1S/ClHO4.H3N.O/c2-1(3,4)5;;/h(H,2,3,4,5);1H3;. The highest BCUT2D eigenvalue weighted by Gasteiger charge is 1.98. The Balaban J connectivity index is -0.0000000800. The molecule has 46 valence electrons. The van der Waals surface area contributed by atoms with E-state index in [1.54, 1.807) is 0 Å². The van der Waals surface area contributed by atoms with Gasteiger partial charge in [0.15, 0.2) is 0 Å². The molecule has 0 spiro atoms. The molecule has 0 aliphatic heterocycles. The smallest absolute Gasteiger partial charge is 0.0777 e. The first-order valence-electron chi connectivity index (χ1n) is 0.632. The monoisotopic (exact) mass is 133 g/mol. The van der Waals surface area contributed by atoms with Gasteiger partial charge in [-0.1, -0.05) is 0 Å². The second kappa shape index (κ2) is 4.22. The summed E-state index contributed by atoms with van der Waals surface area (Å²) in [5.41, 5.74) is 0. The van der Waals surface area contributed by atoms with E-state index in [2.05, 4.69) is 0 Å². The van der Waals surface area contributed by atoms with Crippen LogP contribution in [0.3, 0.4) is 0 Å². The molecule has 7 heteroatoms. The van der Waals surface area contributed by atoms with Crippen LogP contribution in [0.25, 0.3) is 0 Å². The van der Waals surface area contributed by atoms with Crippen LogP contribution in [0.1, 0.15) is 0 Å². The Labute approximate surface area is 41.6 Å². The van der Waals surface area contributed by atoms with Gasteiger partial charge in [-0.2, -0.15) is 14.0 Å². The fourth-order valence-corrected chi connectivity index (χ4v) is 0. The highest BCUT2D eigenvalue weighted by Crippen LogP contribution is 1.60. The summed E-state index contributed by atoms with van der Waals surface area (Å²) < 4.78 is 32.7. The van der Waals surface area contributed by atoms with Crippen LogP contribution in [0.4, 0.5) is 0 Å². The fraction of sp³-hybridized carbons (Fsp3) is 0. The van der Waals surface area contributed by atoms with Crippen molar-refractivity contribution in [1.29, 1.82) is 0 Å². The molecule has 4 N–H and O–H groups in total. The van der Waals surface area contributed by atoms with Gasteiger partial charge in [0, 0.05) is 5.48 Å². The minimum atomic E-state index is -4.69. The highest BCUT2D eigenvalue weighted by molar-refractivity contribution is 2.15. The zero-order valence-corrected chi connectivity index (χ0v) is 3.92. The average molecular weight is 133 g/mol. The summed E-state index contributed by atoms with van der Waals surface area (Å²) in [7, 11) is -4.69. The van der Waals surface area contributed by atoms with E-state index in [0.717, 1.165) is 0 Å². The summed E-state index contributed by atoms with van der Waals surface area (Å²) in [6.45, 7) is 0. The second-order valence-corrected chi connectivity index (χ2v) is 1.19. The molecule has 0 heterocycles. The molecular formula is H4ClNO5. The molecule has 0 unspecified atom stereocenters. The van der Waals surface area contributed by atoms with Crippen molar-refractivity contribution in [1.82, 2.24) is 6.15 Å². The van der Waals surface area contributed by atoms with Crippen molar-refractivity contribution in [2.75, 3.05) is 0 Å². The van der Waals surface area contributed by atoms with Crippen molar-refractivity contribution in [3.8, 4) is 0 Å². The van der Waals surface area contributed by atoms with Crippen molar-refractivity contribution < 1.29 is 34.4 Å². The van der Waals surface area contributed by atoms with E-state index in [1.165, 1.54) is 0 Å². The number of halogens is 1. The maximum atomic E-state index is 8.60. The van der Waals surface area contributed by atoms with E-state index in [9.17, 15) is 0 Å². The molecule has 0 saturated heterocycles. The van der Waals surface area contributed by atoms with Crippen LogP contribution >= 0.6 is 0 Å². The molecule has 0 amide bonds. The first-order chi connectivity index (χ1) is 2.00. The lowest BCUT2D eigenvalue weighted by molar-refractivity contribution is -1.92. The molecule has 0 aliphatic rings. The molecule has 0 rings (SSSR count). The topological polar surface area (TPSA) is 153 Å². The molecule has 0 saturated carbocycles. The Kier molecular flexibility index (Phi) is 9.47. The maximum Gasteiger partial charge on any atom is 0.0777 e. The third-order valence-corrected chi connectivity index (χ3v) is 0. The van der Waals surface area contributed by atoms with Gasteiger partial charge in [0.1, 0.15) is 0 Å². The van der Waals surface area contributed by atoms with Crippen LogP contribution in [0.15, 0.2) is 0 Å². The van der Waals surface area contributed by atoms with E-state index in [4.69, 9.17) is 18.6 Å². The van der Waals surface area contributed by atoms with Crippen molar-refractivity contribution in [2.24, 2.45) is 0 Å². The lowest BCUT2D eigenvalue weighted by Gasteiger charge is -2.03. The average Bonchev–Trinajstić information content (AvgIpc) is 0.722. The van der Waals surface area contributed by atoms with Gasteiger partial charge in [-0.25, -0.2) is 0 Å². The molecule has 0 aromatic heterocycles. The van der Waals surface area contributed by atoms with Crippen LogP contribution in [0.2, 0.25) is 0 Å². The molecule has 6 nitrogen and oxygen atoms in total. The molecule has 0 aromatic carbocycles. The Morgan fingerprint density at radius 3 is 1.14 bits per heavy atom. The Bertz CT molecular complexity index is 23.6. The van der Waals surface area contributed by atoms with E-state index >= 15 is 0 Å². The predicted octanol–water partition coefficient (Wildman–Crippen LogP) is -4.08. The molecule has 0 aliphatic carbocycles. The van der Waals surface area contributed by atoms with Crippen molar-refractivity contribution in [3.63, 3.8) is 0 Å². The SMILES string of the molecule is N.[O-][Cl+3]([O-])([O-])O.[O]. The van der Waals surface area contributed by atoms with E-state index in [1.807, 2.05) is 0 Å². The third kappa shape index (κ3) is 39700. The van der Waals surface area contributed by atoms with Gasteiger partial charge in [0.05, 0.1) is 14.9 Å². The van der Waals surface area contributed by atoms with Gasteiger partial charge in [0.2, 0.25) is 0 Å². The summed E-state index contributed by atoms with van der Waals surface area (Å²) in [6, 6.07) is 0. The Morgan fingerprint density at radius 1 is 1.14 bits per heavy atom. The lowest BCUT2D eigenvalue weighted by Crippen LogP contribution is -2.58. The summed E-state index contributed by atoms with van der Waals surface area (Å²) >= 11 is 0. The molecule has 7 heavy (non-hydrogen) atoms. The summed E-state index contributed by atoms with van der Waals surface area (Å²) in [6.07, 6.45) is 0. The second-order valence-electron chi connectivity index (χ2n) is 0.396. The van der Waals surface area contributed by atoms with Gasteiger partial charge in [-0.3, -0.25) is 0 Å². The van der Waals surface area contributed by atoms with Gasteiger partial charge >= 0.3 is 0 Å². The minimum absolute atomic E-state index is 0. The van der Waals surface area contributed by atoms with Gasteiger partial charge in [-0.05, 0) is 0 Å². The molecule has 2 radical (unpaired) electrons. The molecule has 0 atom stereocenters. The minimum Gasteiger partial charge on any atom is -0.344 e. The van der Waals surface area contributed by atoms with Crippen LogP contribution < -0.4 is 20.1 Å². The molecule has 0 bridgehead atoms. The van der Waals surface area contributed by atoms with Crippen molar-refractivity contribution >= 4 is 0 Å². The number of hydrogen-bond acceptors (Lipinski definition) is 5. The first-order valence-corrected chi connectivity index (χ1v) is 1.90. The molecule has 0 fully saturated rings. The largest absolute Gasteiger partial charge is 0.344 e. The van der Waals surface area contributed by atoms with Crippen LogP contribution in [0, 0.1) is 10.2 Å². The van der Waals surface area contributed by atoms with Crippen molar-refractivity contribution in [2.45, 2.75) is 0 Å². The van der Waals surface area contributed by atoms with E-state index < -0.39 is 10.2 Å². The zero-order chi connectivity index (χ0) is 4.50. The van der Waals surface area contributed by atoms with E-state index in [0.29, 0.717) is 0 Å². The van der Waals surface area contributed by atoms with Crippen LogP contribution in [-0.4, -0.2) is 4.66 Å². The zero-order valence-electron chi connectivity index (χ0n) is 3.17. The highest BCUT2D eigenvalue weighted by atomic mass is 35.7. The van der Waals surface area contributed by atoms with Crippen LogP contribution in [-0.2, 0) is 5.48 Å². The summed E-state index contributed by atoms with van der Waals surface area (Å²) in [5, 5.41) is 0. The quantitative estimate of drug-likeness (QED) is 0.344. The van der Waals surface area contributed by atoms with E-state index in [-0.39, 0.29) is 11.6 Å². The fourth-order valence-electron chi connectivity index (χ4n) is 0.